The zero-order valence-corrected chi connectivity index (χ0v) is 11.5. The Morgan fingerprint density at radius 1 is 1.18 bits per heavy atom. The Hall–Kier alpha value is -0.170. The molecule has 0 spiro atoms. The van der Waals surface area contributed by atoms with E-state index in [0.29, 0.717) is 19.1 Å². The molecule has 0 bridgehead atoms. The lowest BCUT2D eigenvalue weighted by molar-refractivity contribution is 0.0388. The number of rotatable bonds is 4. The van der Waals surface area contributed by atoms with Gasteiger partial charge in [0.15, 0.2) is 0 Å². The Balaban J connectivity index is 1.83. The van der Waals surface area contributed by atoms with Crippen molar-refractivity contribution in [2.75, 3.05) is 46.0 Å². The molecule has 0 aromatic heterocycles. The molecule has 0 aromatic rings. The lowest BCUT2D eigenvalue weighted by Gasteiger charge is -2.47. The number of nitrogens with zero attached hydrogens (tertiary/aromatic N) is 2. The molecule has 6 heteroatoms. The molecule has 2 unspecified atom stereocenters. The normalized spacial score (nSPS) is 32.4. The van der Waals surface area contributed by atoms with E-state index in [9.17, 15) is 8.42 Å². The molecule has 2 aliphatic rings. The molecule has 1 N–H and O–H groups in total. The molecule has 1 heterocycles. The van der Waals surface area contributed by atoms with Crippen LogP contribution in [0.2, 0.25) is 0 Å². The van der Waals surface area contributed by atoms with E-state index in [-0.39, 0.29) is 0 Å². The van der Waals surface area contributed by atoms with Gasteiger partial charge in [-0.15, -0.1) is 0 Å². The highest BCUT2D eigenvalue weighted by Crippen LogP contribution is 2.32. The second kappa shape index (κ2) is 5.22. The van der Waals surface area contributed by atoms with Gasteiger partial charge in [0.25, 0.3) is 0 Å². The largest absolute Gasteiger partial charge is 0.319 e. The van der Waals surface area contributed by atoms with Crippen molar-refractivity contribution in [2.45, 2.75) is 18.9 Å². The highest BCUT2D eigenvalue weighted by molar-refractivity contribution is 7.88. The van der Waals surface area contributed by atoms with Crippen LogP contribution in [-0.4, -0.2) is 69.7 Å². The minimum atomic E-state index is -2.99. The molecule has 1 aliphatic heterocycles. The summed E-state index contributed by atoms with van der Waals surface area (Å²) in [6.45, 7) is 4.16. The van der Waals surface area contributed by atoms with Crippen molar-refractivity contribution >= 4 is 10.0 Å². The van der Waals surface area contributed by atoms with Crippen LogP contribution in [0.4, 0.5) is 0 Å². The number of hydrogen-bond acceptors (Lipinski definition) is 4. The third kappa shape index (κ3) is 2.99. The van der Waals surface area contributed by atoms with Crippen molar-refractivity contribution in [3.63, 3.8) is 0 Å². The minimum Gasteiger partial charge on any atom is -0.319 e. The van der Waals surface area contributed by atoms with Crippen molar-refractivity contribution in [3.8, 4) is 0 Å². The van der Waals surface area contributed by atoms with Crippen LogP contribution in [0.15, 0.2) is 0 Å². The molecule has 2 atom stereocenters. The maximum atomic E-state index is 11.4. The van der Waals surface area contributed by atoms with Gasteiger partial charge in [0, 0.05) is 32.2 Å². The Morgan fingerprint density at radius 2 is 1.82 bits per heavy atom. The average Bonchev–Trinajstić information content (AvgIpc) is 2.24. The van der Waals surface area contributed by atoms with Gasteiger partial charge in [-0.1, -0.05) is 0 Å². The van der Waals surface area contributed by atoms with Crippen LogP contribution >= 0.6 is 0 Å². The molecule has 1 aliphatic carbocycles. The summed E-state index contributed by atoms with van der Waals surface area (Å²) in [4.78, 5) is 2.47. The SMILES string of the molecule is CNCC1CCC1N1CCN(S(C)(=O)=O)CC1. The van der Waals surface area contributed by atoms with Crippen molar-refractivity contribution in [3.05, 3.63) is 0 Å². The summed E-state index contributed by atoms with van der Waals surface area (Å²) in [6.07, 6.45) is 3.87. The zero-order valence-electron chi connectivity index (χ0n) is 10.7. The topological polar surface area (TPSA) is 52.6 Å². The third-order valence-electron chi connectivity index (χ3n) is 4.05. The summed E-state index contributed by atoms with van der Waals surface area (Å²) in [5.74, 6) is 0.754. The fourth-order valence-corrected chi connectivity index (χ4v) is 3.73. The summed E-state index contributed by atoms with van der Waals surface area (Å²) >= 11 is 0. The third-order valence-corrected chi connectivity index (χ3v) is 5.36. The number of sulfonamides is 1. The predicted octanol–water partition coefficient (Wildman–Crippen LogP) is -0.438. The van der Waals surface area contributed by atoms with Gasteiger partial charge in [-0.05, 0) is 32.4 Å². The first-order valence-corrected chi connectivity index (χ1v) is 8.21. The maximum absolute atomic E-state index is 11.4. The Kier molecular flexibility index (Phi) is 4.07. The first kappa shape index (κ1) is 13.3. The van der Waals surface area contributed by atoms with Crippen molar-refractivity contribution in [1.29, 1.82) is 0 Å². The summed E-state index contributed by atoms with van der Waals surface area (Å²) in [5.41, 5.74) is 0. The molecule has 0 aromatic carbocycles. The van der Waals surface area contributed by atoms with Crippen LogP contribution in [0.5, 0.6) is 0 Å². The first-order chi connectivity index (χ1) is 8.02. The van der Waals surface area contributed by atoms with Crippen LogP contribution in [0.1, 0.15) is 12.8 Å². The Bertz CT molecular complexity index is 350. The van der Waals surface area contributed by atoms with E-state index in [2.05, 4.69) is 10.2 Å². The summed E-state index contributed by atoms with van der Waals surface area (Å²) in [6, 6.07) is 0.671. The monoisotopic (exact) mass is 261 g/mol. The standard InChI is InChI=1S/C11H23N3O2S/c1-12-9-10-3-4-11(10)13-5-7-14(8-6-13)17(2,15)16/h10-12H,3-9H2,1-2H3. The smallest absolute Gasteiger partial charge is 0.211 e. The minimum absolute atomic E-state index is 0.654. The van der Waals surface area contributed by atoms with E-state index in [1.807, 2.05) is 7.05 Å². The van der Waals surface area contributed by atoms with E-state index < -0.39 is 10.0 Å². The lowest BCUT2D eigenvalue weighted by Crippen LogP contribution is -2.57. The van der Waals surface area contributed by atoms with Gasteiger partial charge in [0.1, 0.15) is 0 Å². The second-order valence-electron chi connectivity index (χ2n) is 5.16. The fraction of sp³-hybridized carbons (Fsp3) is 1.00. The van der Waals surface area contributed by atoms with Gasteiger partial charge in [0.05, 0.1) is 6.26 Å². The van der Waals surface area contributed by atoms with Crippen LogP contribution in [0, 0.1) is 5.92 Å². The molecule has 17 heavy (non-hydrogen) atoms. The van der Waals surface area contributed by atoms with Gasteiger partial charge < -0.3 is 5.32 Å². The molecule has 0 amide bonds. The number of piperazine rings is 1. The Morgan fingerprint density at radius 3 is 2.24 bits per heavy atom. The molecule has 2 fully saturated rings. The summed E-state index contributed by atoms with van der Waals surface area (Å²) in [7, 11) is -0.996. The van der Waals surface area contributed by atoms with Crippen LogP contribution < -0.4 is 5.32 Å². The highest BCUT2D eigenvalue weighted by Gasteiger charge is 2.37. The molecule has 100 valence electrons. The quantitative estimate of drug-likeness (QED) is 0.745. The fourth-order valence-electron chi connectivity index (χ4n) is 2.90. The summed E-state index contributed by atoms with van der Waals surface area (Å²) in [5, 5.41) is 3.24. The second-order valence-corrected chi connectivity index (χ2v) is 7.14. The van der Waals surface area contributed by atoms with Crippen LogP contribution in [0.3, 0.4) is 0 Å². The lowest BCUT2D eigenvalue weighted by atomic mass is 9.78. The van der Waals surface area contributed by atoms with E-state index in [1.54, 1.807) is 4.31 Å². The molecule has 5 nitrogen and oxygen atoms in total. The molecule has 1 saturated carbocycles. The van der Waals surface area contributed by atoms with E-state index in [0.717, 1.165) is 25.6 Å². The van der Waals surface area contributed by atoms with E-state index >= 15 is 0 Å². The molecule has 1 saturated heterocycles. The molecular weight excluding hydrogens is 238 g/mol. The molecule has 0 radical (unpaired) electrons. The number of nitrogens with one attached hydrogen (secondary N) is 1. The van der Waals surface area contributed by atoms with Crippen LogP contribution in [0.25, 0.3) is 0 Å². The maximum Gasteiger partial charge on any atom is 0.211 e. The van der Waals surface area contributed by atoms with Gasteiger partial charge in [0.2, 0.25) is 10.0 Å². The van der Waals surface area contributed by atoms with Crippen molar-refractivity contribution in [2.24, 2.45) is 5.92 Å². The average molecular weight is 261 g/mol. The van der Waals surface area contributed by atoms with Crippen LogP contribution in [-0.2, 0) is 10.0 Å². The first-order valence-electron chi connectivity index (χ1n) is 6.36. The number of hydrogen-bond donors (Lipinski definition) is 1. The van der Waals surface area contributed by atoms with Crippen molar-refractivity contribution in [1.82, 2.24) is 14.5 Å². The van der Waals surface area contributed by atoms with Gasteiger partial charge in [-0.25, -0.2) is 8.42 Å². The van der Waals surface area contributed by atoms with Gasteiger partial charge in [-0.2, -0.15) is 4.31 Å². The highest BCUT2D eigenvalue weighted by atomic mass is 32.2. The zero-order chi connectivity index (χ0) is 12.5. The molecule has 2 rings (SSSR count). The van der Waals surface area contributed by atoms with Gasteiger partial charge >= 0.3 is 0 Å². The van der Waals surface area contributed by atoms with Gasteiger partial charge in [-0.3, -0.25) is 4.90 Å². The Labute approximate surface area is 104 Å². The predicted molar refractivity (Wildman–Crippen MR) is 68.4 cm³/mol. The molecular formula is C11H23N3O2S. The van der Waals surface area contributed by atoms with E-state index in [4.69, 9.17) is 0 Å². The van der Waals surface area contributed by atoms with Crippen molar-refractivity contribution < 1.29 is 8.42 Å². The van der Waals surface area contributed by atoms with E-state index in [1.165, 1.54) is 19.1 Å². The summed E-state index contributed by atoms with van der Waals surface area (Å²) < 4.78 is 24.4.